The molecule has 0 aromatic carbocycles. The minimum Gasteiger partial charge on any atom is -0.378 e. The van der Waals surface area contributed by atoms with Gasteiger partial charge < -0.3 is 15.0 Å². The Morgan fingerprint density at radius 2 is 2.10 bits per heavy atom. The summed E-state index contributed by atoms with van der Waals surface area (Å²) in [5.74, 6) is -0.0496. The molecular weight excluding hydrogens is 252 g/mol. The molecule has 0 spiro atoms. The molecule has 0 atom stereocenters. The number of nitrogens with one attached hydrogen (secondary N) is 1. The third-order valence-corrected chi connectivity index (χ3v) is 3.13. The number of allylic oxidation sites excluding steroid dienone is 2. The van der Waals surface area contributed by atoms with Crippen LogP contribution in [0.3, 0.4) is 0 Å². The lowest BCUT2D eigenvalue weighted by Gasteiger charge is -2.26. The molecule has 0 aromatic heterocycles. The highest BCUT2D eigenvalue weighted by atomic mass is 16.5. The largest absolute Gasteiger partial charge is 0.378 e. The summed E-state index contributed by atoms with van der Waals surface area (Å²) in [6, 6.07) is 0. The molecule has 0 aliphatic heterocycles. The fourth-order valence-corrected chi connectivity index (χ4v) is 1.61. The van der Waals surface area contributed by atoms with Crippen molar-refractivity contribution in [3.63, 3.8) is 0 Å². The fraction of sp³-hybridized carbons (Fsp3) is 0.688. The summed E-state index contributed by atoms with van der Waals surface area (Å²) in [5, 5.41) is 2.84. The SMILES string of the molecule is C=C(C)N(C)CCCOC(C)(C)CCNC(=O)/C=C/C. The first-order chi connectivity index (χ1) is 9.28. The van der Waals surface area contributed by atoms with Crippen LogP contribution in [0.4, 0.5) is 0 Å². The smallest absolute Gasteiger partial charge is 0.243 e. The number of amides is 1. The predicted octanol–water partition coefficient (Wildman–Crippen LogP) is 2.72. The van der Waals surface area contributed by atoms with Crippen molar-refractivity contribution < 1.29 is 9.53 Å². The molecule has 0 saturated heterocycles. The van der Waals surface area contributed by atoms with Gasteiger partial charge in [-0.2, -0.15) is 0 Å². The van der Waals surface area contributed by atoms with Crippen LogP contribution in [0.25, 0.3) is 0 Å². The number of carbonyl (C=O) groups is 1. The predicted molar refractivity (Wildman–Crippen MR) is 84.5 cm³/mol. The number of carbonyl (C=O) groups excluding carboxylic acids is 1. The van der Waals surface area contributed by atoms with Crippen molar-refractivity contribution in [3.8, 4) is 0 Å². The topological polar surface area (TPSA) is 41.6 Å². The molecule has 116 valence electrons. The maximum Gasteiger partial charge on any atom is 0.243 e. The van der Waals surface area contributed by atoms with Gasteiger partial charge in [-0.3, -0.25) is 4.79 Å². The van der Waals surface area contributed by atoms with Crippen molar-refractivity contribution in [2.45, 2.75) is 46.1 Å². The van der Waals surface area contributed by atoms with Crippen LogP contribution in [0.15, 0.2) is 24.4 Å². The van der Waals surface area contributed by atoms with Gasteiger partial charge in [0.1, 0.15) is 0 Å². The lowest BCUT2D eigenvalue weighted by atomic mass is 10.1. The second-order valence-corrected chi connectivity index (χ2v) is 5.66. The Balaban J connectivity index is 3.79. The van der Waals surface area contributed by atoms with Crippen LogP contribution in [0.5, 0.6) is 0 Å². The highest BCUT2D eigenvalue weighted by molar-refractivity contribution is 5.87. The average molecular weight is 282 g/mol. The molecule has 0 aliphatic rings. The van der Waals surface area contributed by atoms with E-state index in [0.717, 1.165) is 25.1 Å². The molecule has 0 aromatic rings. The molecule has 0 rings (SSSR count). The standard InChI is InChI=1S/C16H30N2O2/c1-7-9-15(19)17-11-10-16(4,5)20-13-8-12-18(6)14(2)3/h7,9H,2,8,10-13H2,1,3-6H3,(H,17,19)/b9-7+. The van der Waals surface area contributed by atoms with Crippen molar-refractivity contribution >= 4 is 5.91 Å². The third kappa shape index (κ3) is 9.62. The zero-order valence-electron chi connectivity index (χ0n) is 13.7. The Kier molecular flexibility index (Phi) is 8.97. The Bertz CT molecular complexity index is 335. The molecule has 0 fully saturated rings. The summed E-state index contributed by atoms with van der Waals surface area (Å²) in [4.78, 5) is 13.4. The Hall–Kier alpha value is -1.29. The molecule has 4 nitrogen and oxygen atoms in total. The van der Waals surface area contributed by atoms with E-state index in [1.165, 1.54) is 6.08 Å². The van der Waals surface area contributed by atoms with Gasteiger partial charge in [-0.25, -0.2) is 0 Å². The number of rotatable bonds is 10. The van der Waals surface area contributed by atoms with Crippen LogP contribution in [-0.4, -0.2) is 43.2 Å². The molecule has 20 heavy (non-hydrogen) atoms. The molecule has 0 bridgehead atoms. The minimum absolute atomic E-state index is 0.0496. The molecule has 4 heteroatoms. The zero-order valence-corrected chi connectivity index (χ0v) is 13.7. The first-order valence-electron chi connectivity index (χ1n) is 7.19. The molecule has 0 heterocycles. The van der Waals surface area contributed by atoms with Gasteiger partial charge in [-0.15, -0.1) is 0 Å². The Morgan fingerprint density at radius 3 is 2.65 bits per heavy atom. The number of nitrogens with zero attached hydrogens (tertiary/aromatic N) is 1. The Labute approximate surface area is 123 Å². The van der Waals surface area contributed by atoms with E-state index < -0.39 is 0 Å². The monoisotopic (exact) mass is 282 g/mol. The molecule has 1 amide bonds. The van der Waals surface area contributed by atoms with E-state index in [1.807, 2.05) is 20.9 Å². The molecule has 0 saturated carbocycles. The van der Waals surface area contributed by atoms with Crippen molar-refractivity contribution in [1.82, 2.24) is 10.2 Å². The first kappa shape index (κ1) is 18.7. The molecule has 0 aliphatic carbocycles. The van der Waals surface area contributed by atoms with Crippen LogP contribution in [0, 0.1) is 0 Å². The first-order valence-corrected chi connectivity index (χ1v) is 7.19. The number of ether oxygens (including phenoxy) is 1. The highest BCUT2D eigenvalue weighted by Crippen LogP contribution is 2.14. The van der Waals surface area contributed by atoms with Gasteiger partial charge in [-0.05, 0) is 46.6 Å². The minimum atomic E-state index is -0.217. The number of hydrogen-bond acceptors (Lipinski definition) is 3. The van der Waals surface area contributed by atoms with E-state index in [0.29, 0.717) is 13.2 Å². The number of hydrogen-bond donors (Lipinski definition) is 1. The summed E-state index contributed by atoms with van der Waals surface area (Å²) in [5.41, 5.74) is 0.848. The van der Waals surface area contributed by atoms with Crippen LogP contribution in [0.1, 0.15) is 40.5 Å². The van der Waals surface area contributed by atoms with E-state index in [1.54, 1.807) is 6.08 Å². The highest BCUT2D eigenvalue weighted by Gasteiger charge is 2.17. The lowest BCUT2D eigenvalue weighted by molar-refractivity contribution is -0.116. The van der Waals surface area contributed by atoms with Gasteiger partial charge in [0.2, 0.25) is 5.91 Å². The molecule has 1 N–H and O–H groups in total. The quantitative estimate of drug-likeness (QED) is 0.495. The fourth-order valence-electron chi connectivity index (χ4n) is 1.61. The molecule has 0 unspecified atom stereocenters. The third-order valence-electron chi connectivity index (χ3n) is 3.13. The second kappa shape index (κ2) is 9.59. The van der Waals surface area contributed by atoms with Gasteiger partial charge in [0.05, 0.1) is 5.60 Å². The van der Waals surface area contributed by atoms with Crippen molar-refractivity contribution in [3.05, 3.63) is 24.4 Å². The van der Waals surface area contributed by atoms with Crippen LogP contribution in [-0.2, 0) is 9.53 Å². The van der Waals surface area contributed by atoms with Crippen molar-refractivity contribution in [2.75, 3.05) is 26.7 Å². The summed E-state index contributed by atoms with van der Waals surface area (Å²) in [6.07, 6.45) is 5.03. The van der Waals surface area contributed by atoms with Gasteiger partial charge in [-0.1, -0.05) is 12.7 Å². The van der Waals surface area contributed by atoms with Crippen LogP contribution >= 0.6 is 0 Å². The van der Waals surface area contributed by atoms with E-state index in [9.17, 15) is 4.79 Å². The van der Waals surface area contributed by atoms with Gasteiger partial charge in [0.25, 0.3) is 0 Å². The van der Waals surface area contributed by atoms with Gasteiger partial charge >= 0.3 is 0 Å². The lowest BCUT2D eigenvalue weighted by Crippen LogP contribution is -2.33. The summed E-state index contributed by atoms with van der Waals surface area (Å²) >= 11 is 0. The normalized spacial score (nSPS) is 11.7. The van der Waals surface area contributed by atoms with E-state index >= 15 is 0 Å². The van der Waals surface area contributed by atoms with E-state index in [-0.39, 0.29) is 11.5 Å². The molecule has 0 radical (unpaired) electrons. The van der Waals surface area contributed by atoms with Crippen molar-refractivity contribution in [2.24, 2.45) is 0 Å². The second-order valence-electron chi connectivity index (χ2n) is 5.66. The average Bonchev–Trinajstić information content (AvgIpc) is 2.34. The van der Waals surface area contributed by atoms with E-state index in [2.05, 4.69) is 30.6 Å². The summed E-state index contributed by atoms with van der Waals surface area (Å²) in [6.45, 7) is 14.1. The van der Waals surface area contributed by atoms with E-state index in [4.69, 9.17) is 4.74 Å². The zero-order chi connectivity index (χ0) is 15.6. The molecular formula is C16H30N2O2. The Morgan fingerprint density at radius 1 is 1.45 bits per heavy atom. The van der Waals surface area contributed by atoms with Gasteiger partial charge in [0, 0.05) is 32.4 Å². The van der Waals surface area contributed by atoms with Crippen LogP contribution in [0.2, 0.25) is 0 Å². The maximum atomic E-state index is 11.3. The van der Waals surface area contributed by atoms with Gasteiger partial charge in [0.15, 0.2) is 0 Å². The summed E-state index contributed by atoms with van der Waals surface area (Å²) in [7, 11) is 2.03. The maximum absolute atomic E-state index is 11.3. The van der Waals surface area contributed by atoms with Crippen LogP contribution < -0.4 is 5.32 Å². The summed E-state index contributed by atoms with van der Waals surface area (Å²) < 4.78 is 5.88. The van der Waals surface area contributed by atoms with Crippen molar-refractivity contribution in [1.29, 1.82) is 0 Å².